The van der Waals surface area contributed by atoms with Crippen LogP contribution >= 0.6 is 47.8 Å². The van der Waals surface area contributed by atoms with Crippen LogP contribution in [0.5, 0.6) is 5.75 Å². The third kappa shape index (κ3) is 4.22. The monoisotopic (exact) mass is 527 g/mol. The summed E-state index contributed by atoms with van der Waals surface area (Å²) in [6, 6.07) is 11.1. The fourth-order valence-corrected chi connectivity index (χ4v) is 3.94. The van der Waals surface area contributed by atoms with Crippen LogP contribution in [0.15, 0.2) is 60.5 Å². The molecule has 1 aliphatic rings. The normalized spacial score (nSPS) is 15.3. The number of ether oxygens (including phenoxy) is 2. The van der Waals surface area contributed by atoms with Crippen molar-refractivity contribution in [2.24, 2.45) is 4.99 Å². The van der Waals surface area contributed by atoms with E-state index in [0.717, 1.165) is 30.3 Å². The number of cyclic esters (lactones) is 1. The fraction of sp³-hybridized carbons (Fsp3) is 0.111. The summed E-state index contributed by atoms with van der Waals surface area (Å²) in [5.41, 5.74) is 1.80. The lowest BCUT2D eigenvalue weighted by atomic mass is 10.2. The van der Waals surface area contributed by atoms with Gasteiger partial charge in [0.05, 0.1) is 15.6 Å². The number of hydrogen-bond donors (Lipinski definition) is 0. The number of halogens is 3. The fourth-order valence-electron chi connectivity index (χ4n) is 2.23. The highest BCUT2D eigenvalue weighted by Crippen LogP contribution is 2.35. The van der Waals surface area contributed by atoms with Gasteiger partial charge in [0.25, 0.3) is 0 Å². The molecule has 0 saturated carbocycles. The number of esters is 1. The first-order valence-electron chi connectivity index (χ1n) is 7.38. The number of rotatable bonds is 4. The van der Waals surface area contributed by atoms with E-state index < -0.39 is 5.97 Å². The van der Waals surface area contributed by atoms with Crippen molar-refractivity contribution in [3.63, 3.8) is 0 Å². The van der Waals surface area contributed by atoms with Crippen molar-refractivity contribution in [3.8, 4) is 5.75 Å². The van der Waals surface area contributed by atoms with E-state index in [1.165, 1.54) is 0 Å². The minimum atomic E-state index is -0.473. The molecule has 0 aromatic heterocycles. The predicted molar refractivity (Wildman–Crippen MR) is 108 cm³/mol. The van der Waals surface area contributed by atoms with Crippen LogP contribution in [-0.4, -0.2) is 18.5 Å². The maximum atomic E-state index is 12.1. The second kappa shape index (κ2) is 7.85. The van der Waals surface area contributed by atoms with Crippen molar-refractivity contribution >= 4 is 65.7 Å². The number of carbonyl (C=O) groups excluding carboxylic acids is 1. The van der Waals surface area contributed by atoms with Crippen LogP contribution in [0.25, 0.3) is 6.08 Å². The average Bonchev–Trinajstić information content (AvgIpc) is 2.92. The van der Waals surface area contributed by atoms with Gasteiger partial charge >= 0.3 is 5.97 Å². The van der Waals surface area contributed by atoms with Gasteiger partial charge in [-0.15, -0.1) is 0 Å². The molecule has 0 fully saturated rings. The van der Waals surface area contributed by atoms with Gasteiger partial charge in [-0.2, -0.15) is 0 Å². The second-order valence-electron chi connectivity index (χ2n) is 5.09. The first kappa shape index (κ1) is 18.4. The van der Waals surface area contributed by atoms with Gasteiger partial charge in [0, 0.05) is 10.0 Å². The highest BCUT2D eigenvalue weighted by atomic mass is 79.9. The Labute approximate surface area is 170 Å². The van der Waals surface area contributed by atoms with Gasteiger partial charge in [-0.05, 0) is 86.8 Å². The maximum absolute atomic E-state index is 12.1. The summed E-state index contributed by atoms with van der Waals surface area (Å²) in [6.07, 6.45) is 1.68. The molecule has 128 valence electrons. The number of benzene rings is 2. The van der Waals surface area contributed by atoms with E-state index in [2.05, 4.69) is 52.8 Å². The minimum absolute atomic E-state index is 0.251. The van der Waals surface area contributed by atoms with Gasteiger partial charge in [-0.25, -0.2) is 9.79 Å². The lowest BCUT2D eigenvalue weighted by Crippen LogP contribution is -2.05. The Hall–Kier alpha value is -1.44. The lowest BCUT2D eigenvalue weighted by molar-refractivity contribution is -0.129. The zero-order valence-corrected chi connectivity index (χ0v) is 17.8. The van der Waals surface area contributed by atoms with Crippen molar-refractivity contribution in [2.45, 2.75) is 6.92 Å². The number of nitrogens with zero attached hydrogens (tertiary/aromatic N) is 1. The highest BCUT2D eigenvalue weighted by molar-refractivity contribution is 9.11. The average molecular weight is 530 g/mol. The molecule has 3 rings (SSSR count). The second-order valence-corrected chi connectivity index (χ2v) is 7.71. The van der Waals surface area contributed by atoms with E-state index in [1.807, 2.05) is 43.3 Å². The quantitative estimate of drug-likeness (QED) is 0.376. The van der Waals surface area contributed by atoms with Crippen LogP contribution < -0.4 is 4.74 Å². The molecule has 4 nitrogen and oxygen atoms in total. The summed E-state index contributed by atoms with van der Waals surface area (Å²) in [5, 5.41) is 0. The molecule has 0 N–H and O–H groups in total. The van der Waals surface area contributed by atoms with E-state index >= 15 is 0 Å². The summed E-state index contributed by atoms with van der Waals surface area (Å²) in [7, 11) is 0. The van der Waals surface area contributed by atoms with E-state index in [9.17, 15) is 4.79 Å². The Balaban J connectivity index is 1.93. The molecule has 0 saturated heterocycles. The molecule has 0 bridgehead atoms. The van der Waals surface area contributed by atoms with Gasteiger partial charge in [-0.1, -0.05) is 15.9 Å². The molecule has 0 radical (unpaired) electrons. The van der Waals surface area contributed by atoms with Crippen LogP contribution in [-0.2, 0) is 9.53 Å². The van der Waals surface area contributed by atoms with E-state index in [4.69, 9.17) is 9.47 Å². The van der Waals surface area contributed by atoms with Gasteiger partial charge in [0.1, 0.15) is 5.75 Å². The highest BCUT2D eigenvalue weighted by Gasteiger charge is 2.24. The molecule has 1 heterocycles. The largest absolute Gasteiger partial charge is 0.492 e. The van der Waals surface area contributed by atoms with Crippen LogP contribution in [0.4, 0.5) is 0 Å². The van der Waals surface area contributed by atoms with Crippen LogP contribution in [0.3, 0.4) is 0 Å². The van der Waals surface area contributed by atoms with E-state index in [0.29, 0.717) is 12.5 Å². The first-order valence-corrected chi connectivity index (χ1v) is 9.76. The minimum Gasteiger partial charge on any atom is -0.492 e. The molecule has 25 heavy (non-hydrogen) atoms. The Morgan fingerprint density at radius 2 is 1.76 bits per heavy atom. The number of aliphatic imine (C=N–C) groups is 1. The van der Waals surface area contributed by atoms with Crippen molar-refractivity contribution in [1.29, 1.82) is 0 Å². The topological polar surface area (TPSA) is 47.9 Å². The van der Waals surface area contributed by atoms with Gasteiger partial charge < -0.3 is 9.47 Å². The van der Waals surface area contributed by atoms with Crippen molar-refractivity contribution in [2.75, 3.05) is 6.61 Å². The third-order valence-electron chi connectivity index (χ3n) is 3.32. The molecular formula is C18H12Br3NO3. The molecule has 0 unspecified atom stereocenters. The number of hydrogen-bond acceptors (Lipinski definition) is 4. The molecule has 0 spiro atoms. The molecule has 0 atom stereocenters. The standard InChI is InChI=1S/C18H12Br3NO3/c1-2-24-16-13(20)7-10(8-14(16)21)9-15-18(23)25-17(22-15)11-3-5-12(19)6-4-11/h3-9H,2H2,1H3/b15-9-. The zero-order chi connectivity index (χ0) is 18.0. The summed E-state index contributed by atoms with van der Waals surface area (Å²) in [5.74, 6) is 0.546. The Kier molecular flexibility index (Phi) is 5.76. The summed E-state index contributed by atoms with van der Waals surface area (Å²) >= 11 is 10.3. The Morgan fingerprint density at radius 1 is 1.12 bits per heavy atom. The summed E-state index contributed by atoms with van der Waals surface area (Å²) in [4.78, 5) is 16.4. The molecule has 7 heteroatoms. The van der Waals surface area contributed by atoms with Crippen molar-refractivity contribution in [3.05, 3.63) is 66.6 Å². The zero-order valence-electron chi connectivity index (χ0n) is 13.1. The van der Waals surface area contributed by atoms with Gasteiger partial charge in [0.2, 0.25) is 5.90 Å². The molecule has 2 aromatic carbocycles. The Bertz CT molecular complexity index is 866. The maximum Gasteiger partial charge on any atom is 0.363 e. The van der Waals surface area contributed by atoms with Crippen LogP contribution in [0.2, 0.25) is 0 Å². The van der Waals surface area contributed by atoms with Gasteiger partial charge in [0.15, 0.2) is 5.70 Å². The smallest absolute Gasteiger partial charge is 0.363 e. The van der Waals surface area contributed by atoms with Crippen molar-refractivity contribution in [1.82, 2.24) is 0 Å². The van der Waals surface area contributed by atoms with Crippen molar-refractivity contribution < 1.29 is 14.3 Å². The Morgan fingerprint density at radius 3 is 2.36 bits per heavy atom. The molecule has 0 amide bonds. The SMILES string of the molecule is CCOc1c(Br)cc(/C=C2\N=C(c3ccc(Br)cc3)OC2=O)cc1Br. The summed E-state index contributed by atoms with van der Waals surface area (Å²) < 4.78 is 13.4. The van der Waals surface area contributed by atoms with E-state index in [1.54, 1.807) is 6.08 Å². The number of carbonyl (C=O) groups is 1. The molecule has 1 aliphatic heterocycles. The van der Waals surface area contributed by atoms with Crippen LogP contribution in [0, 0.1) is 0 Å². The predicted octanol–water partition coefficient (Wildman–Crippen LogP) is 5.72. The van der Waals surface area contributed by atoms with Gasteiger partial charge in [-0.3, -0.25) is 0 Å². The van der Waals surface area contributed by atoms with E-state index in [-0.39, 0.29) is 5.70 Å². The third-order valence-corrected chi connectivity index (χ3v) is 5.03. The summed E-state index contributed by atoms with van der Waals surface area (Å²) in [6.45, 7) is 2.48. The molecule has 2 aromatic rings. The lowest BCUT2D eigenvalue weighted by Gasteiger charge is -2.09. The first-order chi connectivity index (χ1) is 12.0. The molecular weight excluding hydrogens is 518 g/mol. The van der Waals surface area contributed by atoms with Crippen LogP contribution in [0.1, 0.15) is 18.1 Å². The molecule has 0 aliphatic carbocycles.